The van der Waals surface area contributed by atoms with E-state index in [9.17, 15) is 5.11 Å². The van der Waals surface area contributed by atoms with Crippen LogP contribution in [0, 0.1) is 12.3 Å². The molecule has 0 saturated heterocycles. The molecule has 1 aliphatic heterocycles. The van der Waals surface area contributed by atoms with Crippen molar-refractivity contribution in [3.8, 4) is 23.5 Å². The third-order valence-corrected chi connectivity index (χ3v) is 5.63. The van der Waals surface area contributed by atoms with Crippen LogP contribution in [0.1, 0.15) is 18.0 Å². The van der Waals surface area contributed by atoms with E-state index in [1.807, 2.05) is 24.3 Å². The molecule has 4 rings (SSSR count). The van der Waals surface area contributed by atoms with E-state index in [1.165, 1.54) is 6.33 Å². The summed E-state index contributed by atoms with van der Waals surface area (Å²) in [6.45, 7) is 0. The van der Waals surface area contributed by atoms with Crippen molar-refractivity contribution in [1.82, 2.24) is 9.97 Å². The van der Waals surface area contributed by atoms with E-state index in [1.54, 1.807) is 11.8 Å². The fraction of sp³-hybridized carbons (Fsp3) is 0.190. The Hall–Kier alpha value is -2.88. The number of aliphatic imine (C=N–C) groups is 1. The number of benzene rings is 2. The lowest BCUT2D eigenvalue weighted by Crippen LogP contribution is -2.06. The first kappa shape index (κ1) is 17.5. The number of thioether (sulfide) groups is 1. The van der Waals surface area contributed by atoms with Crippen molar-refractivity contribution in [2.24, 2.45) is 4.99 Å². The van der Waals surface area contributed by atoms with Crippen molar-refractivity contribution in [2.75, 3.05) is 11.5 Å². The van der Waals surface area contributed by atoms with Gasteiger partial charge >= 0.3 is 0 Å². The molecule has 2 atom stereocenters. The molecule has 134 valence electrons. The van der Waals surface area contributed by atoms with E-state index in [2.05, 4.69) is 34.1 Å². The van der Waals surface area contributed by atoms with Crippen LogP contribution in [0.25, 0.3) is 22.0 Å². The normalized spacial score (nSPS) is 17.5. The van der Waals surface area contributed by atoms with E-state index < -0.39 is 6.10 Å². The number of nitrogen functional groups attached to an aromatic ring is 1. The van der Waals surface area contributed by atoms with Crippen LogP contribution in [0.5, 0.6) is 0 Å². The molecule has 5 nitrogen and oxygen atoms in total. The minimum atomic E-state index is -0.772. The molecule has 0 aliphatic carbocycles. The highest BCUT2D eigenvalue weighted by Gasteiger charge is 2.21. The number of aliphatic hydroxyl groups excluding tert-OH is 1. The Morgan fingerprint density at radius 2 is 2.07 bits per heavy atom. The summed E-state index contributed by atoms with van der Waals surface area (Å²) < 4.78 is 0. The van der Waals surface area contributed by atoms with Crippen molar-refractivity contribution < 1.29 is 5.11 Å². The van der Waals surface area contributed by atoms with E-state index >= 15 is 0 Å². The van der Waals surface area contributed by atoms with Crippen molar-refractivity contribution in [3.63, 3.8) is 0 Å². The highest BCUT2D eigenvalue weighted by atomic mass is 32.2. The van der Waals surface area contributed by atoms with Gasteiger partial charge in [-0.3, -0.25) is 4.99 Å². The lowest BCUT2D eigenvalue weighted by atomic mass is 9.99. The average molecular weight is 374 g/mol. The Balaban J connectivity index is 1.64. The number of hydrogen-bond acceptors (Lipinski definition) is 6. The maximum absolute atomic E-state index is 9.63. The maximum Gasteiger partial charge on any atom is 0.134 e. The molecule has 0 spiro atoms. The fourth-order valence-corrected chi connectivity index (χ4v) is 4.21. The van der Waals surface area contributed by atoms with Crippen LogP contribution in [0.2, 0.25) is 0 Å². The highest BCUT2D eigenvalue weighted by molar-refractivity contribution is 8.14. The van der Waals surface area contributed by atoms with Gasteiger partial charge in [0.05, 0.1) is 16.6 Å². The molecule has 1 aliphatic rings. The summed E-state index contributed by atoms with van der Waals surface area (Å²) in [7, 11) is 0. The smallest absolute Gasteiger partial charge is 0.134 e. The summed E-state index contributed by atoms with van der Waals surface area (Å²) >= 11 is 1.66. The summed E-state index contributed by atoms with van der Waals surface area (Å²) in [6.07, 6.45) is 6.37. The van der Waals surface area contributed by atoms with Crippen LogP contribution < -0.4 is 5.73 Å². The van der Waals surface area contributed by atoms with Crippen molar-refractivity contribution in [2.45, 2.75) is 18.6 Å². The molecule has 2 heterocycles. The fourth-order valence-electron chi connectivity index (χ4n) is 3.11. The number of nitrogens with two attached hydrogens (primary N) is 1. The average Bonchev–Trinajstić information content (AvgIpc) is 3.16. The molecule has 27 heavy (non-hydrogen) atoms. The van der Waals surface area contributed by atoms with Crippen molar-refractivity contribution in [1.29, 1.82) is 0 Å². The molecular weight excluding hydrogens is 356 g/mol. The quantitative estimate of drug-likeness (QED) is 0.683. The Morgan fingerprint density at radius 1 is 1.22 bits per heavy atom. The SMILES string of the molecule is C#C[C@H](O)CC1=N[C@H](c2cccc(-c3ccc4ncnc(N)c4c3)c2)CS1. The largest absolute Gasteiger partial charge is 0.383 e. The van der Waals surface area contributed by atoms with Gasteiger partial charge in [-0.05, 0) is 34.9 Å². The van der Waals surface area contributed by atoms with Gasteiger partial charge in [-0.1, -0.05) is 30.2 Å². The number of fused-ring (bicyclic) bond motifs is 1. The molecular formula is C21H18N4OS. The van der Waals surface area contributed by atoms with E-state index in [4.69, 9.17) is 17.1 Å². The molecule has 0 unspecified atom stereocenters. The maximum atomic E-state index is 9.63. The molecule has 3 N–H and O–H groups in total. The molecule has 6 heteroatoms. The van der Waals surface area contributed by atoms with Crippen LogP contribution in [0.3, 0.4) is 0 Å². The standard InChI is InChI=1S/C21H18N4OS/c1-2-16(26)10-20-25-19(11-27-20)15-5-3-4-13(8-15)14-6-7-18-17(9-14)21(22)24-12-23-18/h1,3-9,12,16,19,26H,10-11H2,(H2,22,23,24)/t16-,19-/m0/s1. The van der Waals surface area contributed by atoms with E-state index in [-0.39, 0.29) is 6.04 Å². The number of anilines is 1. The summed E-state index contributed by atoms with van der Waals surface area (Å²) in [5, 5.41) is 11.4. The number of terminal acetylenes is 1. The summed E-state index contributed by atoms with van der Waals surface area (Å²) in [4.78, 5) is 13.1. The molecule has 0 saturated carbocycles. The first-order chi connectivity index (χ1) is 13.1. The summed E-state index contributed by atoms with van der Waals surface area (Å²) in [5.41, 5.74) is 10.1. The minimum Gasteiger partial charge on any atom is -0.383 e. The van der Waals surface area contributed by atoms with Gasteiger partial charge in [0.25, 0.3) is 0 Å². The predicted octanol–water partition coefficient (Wildman–Crippen LogP) is 3.45. The summed E-state index contributed by atoms with van der Waals surface area (Å²) in [5.74, 6) is 3.67. The highest BCUT2D eigenvalue weighted by Crippen LogP contribution is 2.34. The van der Waals surface area contributed by atoms with Crippen LogP contribution >= 0.6 is 11.8 Å². The molecule has 2 aromatic carbocycles. The zero-order chi connectivity index (χ0) is 18.8. The Morgan fingerprint density at radius 3 is 2.93 bits per heavy atom. The minimum absolute atomic E-state index is 0.0729. The second kappa shape index (κ2) is 7.39. The number of rotatable bonds is 4. The Bertz CT molecular complexity index is 1070. The van der Waals surface area contributed by atoms with Crippen LogP contribution in [-0.4, -0.2) is 32.0 Å². The monoisotopic (exact) mass is 374 g/mol. The number of nitrogens with zero attached hydrogens (tertiary/aromatic N) is 3. The first-order valence-electron chi connectivity index (χ1n) is 8.58. The zero-order valence-corrected chi connectivity index (χ0v) is 15.4. The number of aromatic nitrogens is 2. The first-order valence-corrected chi connectivity index (χ1v) is 9.57. The van der Waals surface area contributed by atoms with Gasteiger partial charge in [0.1, 0.15) is 18.2 Å². The number of aliphatic hydroxyl groups is 1. The Kier molecular flexibility index (Phi) is 4.80. The lowest BCUT2D eigenvalue weighted by Gasteiger charge is -2.10. The Labute approximate surface area is 161 Å². The van der Waals surface area contributed by atoms with E-state index in [0.29, 0.717) is 12.2 Å². The molecule has 0 bridgehead atoms. The van der Waals surface area contributed by atoms with Gasteiger partial charge in [-0.25, -0.2) is 9.97 Å². The van der Waals surface area contributed by atoms with Gasteiger partial charge in [0.15, 0.2) is 0 Å². The molecule has 3 aromatic rings. The second-order valence-corrected chi connectivity index (χ2v) is 7.45. The zero-order valence-electron chi connectivity index (χ0n) is 14.5. The number of hydrogen-bond donors (Lipinski definition) is 2. The van der Waals surface area contributed by atoms with Crippen LogP contribution in [0.15, 0.2) is 53.8 Å². The molecule has 0 fully saturated rings. The van der Waals surface area contributed by atoms with Gasteiger partial charge in [0, 0.05) is 17.6 Å². The summed E-state index contributed by atoms with van der Waals surface area (Å²) in [6, 6.07) is 14.4. The van der Waals surface area contributed by atoms with E-state index in [0.717, 1.165) is 38.4 Å². The van der Waals surface area contributed by atoms with Crippen molar-refractivity contribution >= 4 is 33.5 Å². The van der Waals surface area contributed by atoms with Gasteiger partial charge in [-0.2, -0.15) is 0 Å². The van der Waals surface area contributed by atoms with Gasteiger partial charge in [0.2, 0.25) is 0 Å². The third-order valence-electron chi connectivity index (χ3n) is 4.54. The molecule has 0 amide bonds. The topological polar surface area (TPSA) is 84.4 Å². The van der Waals surface area contributed by atoms with Gasteiger partial charge < -0.3 is 10.8 Å². The molecule has 0 radical (unpaired) electrons. The third kappa shape index (κ3) is 3.65. The van der Waals surface area contributed by atoms with Crippen molar-refractivity contribution in [3.05, 3.63) is 54.4 Å². The predicted molar refractivity (Wildman–Crippen MR) is 111 cm³/mol. The lowest BCUT2D eigenvalue weighted by molar-refractivity contribution is 0.242. The second-order valence-electron chi connectivity index (χ2n) is 6.35. The van der Waals surface area contributed by atoms with Gasteiger partial charge in [-0.15, -0.1) is 18.2 Å². The van der Waals surface area contributed by atoms with Crippen LogP contribution in [0.4, 0.5) is 5.82 Å². The molecule has 1 aromatic heterocycles. The van der Waals surface area contributed by atoms with Crippen LogP contribution in [-0.2, 0) is 0 Å².